The Morgan fingerprint density at radius 1 is 1.42 bits per heavy atom. The summed E-state index contributed by atoms with van der Waals surface area (Å²) < 4.78 is 40.2. The van der Waals surface area contributed by atoms with Gasteiger partial charge in [-0.05, 0) is 12.8 Å². The molecule has 1 heterocycles. The Bertz CT molecular complexity index is 455. The van der Waals surface area contributed by atoms with Gasteiger partial charge in [0.2, 0.25) is 0 Å². The Balaban J connectivity index is 2.10. The fourth-order valence-corrected chi connectivity index (χ4v) is 2.68. The van der Waals surface area contributed by atoms with Crippen molar-refractivity contribution < 1.29 is 18.0 Å². The molecule has 1 aromatic rings. The molecule has 2 rings (SSSR count). The van der Waals surface area contributed by atoms with E-state index in [0.717, 1.165) is 0 Å². The molecular formula is C12H16F3N3O. The van der Waals surface area contributed by atoms with Gasteiger partial charge in [0.1, 0.15) is 17.9 Å². The summed E-state index contributed by atoms with van der Waals surface area (Å²) in [7, 11) is 1.62. The molecule has 4 nitrogen and oxygen atoms in total. The summed E-state index contributed by atoms with van der Waals surface area (Å²) in [5, 5.41) is 3.81. The van der Waals surface area contributed by atoms with Crippen molar-refractivity contribution in [2.24, 2.45) is 18.9 Å². The predicted octanol–water partition coefficient (Wildman–Crippen LogP) is 2.30. The number of hydrogen-bond acceptors (Lipinski definition) is 3. The van der Waals surface area contributed by atoms with E-state index in [4.69, 9.17) is 0 Å². The molecule has 0 aromatic carbocycles. The van der Waals surface area contributed by atoms with Crippen molar-refractivity contribution in [2.75, 3.05) is 0 Å². The van der Waals surface area contributed by atoms with Gasteiger partial charge in [0.25, 0.3) is 0 Å². The first-order valence-corrected chi connectivity index (χ1v) is 6.32. The van der Waals surface area contributed by atoms with Gasteiger partial charge < -0.3 is 0 Å². The zero-order valence-electron chi connectivity index (χ0n) is 10.7. The number of carbonyl (C=O) groups is 1. The molecule has 19 heavy (non-hydrogen) atoms. The van der Waals surface area contributed by atoms with Crippen LogP contribution in [0.4, 0.5) is 13.2 Å². The molecule has 1 saturated carbocycles. The molecular weight excluding hydrogens is 259 g/mol. The number of ketones is 1. The lowest BCUT2D eigenvalue weighted by Gasteiger charge is -2.31. The molecule has 2 unspecified atom stereocenters. The van der Waals surface area contributed by atoms with Crippen LogP contribution in [0.3, 0.4) is 0 Å². The van der Waals surface area contributed by atoms with Crippen molar-refractivity contribution in [2.45, 2.75) is 38.3 Å². The predicted molar refractivity (Wildman–Crippen MR) is 61.2 cm³/mol. The van der Waals surface area contributed by atoms with E-state index in [9.17, 15) is 18.0 Å². The van der Waals surface area contributed by atoms with E-state index >= 15 is 0 Å². The van der Waals surface area contributed by atoms with Crippen LogP contribution < -0.4 is 0 Å². The van der Waals surface area contributed by atoms with Crippen LogP contribution in [0.1, 0.15) is 31.5 Å². The highest BCUT2D eigenvalue weighted by atomic mass is 19.4. The molecule has 0 bridgehead atoms. The molecule has 0 saturated heterocycles. The first-order valence-electron chi connectivity index (χ1n) is 6.32. The summed E-state index contributed by atoms with van der Waals surface area (Å²) in [6.45, 7) is 0. The van der Waals surface area contributed by atoms with Gasteiger partial charge in [-0.2, -0.15) is 18.3 Å². The fourth-order valence-electron chi connectivity index (χ4n) is 2.68. The maximum absolute atomic E-state index is 12.9. The lowest BCUT2D eigenvalue weighted by molar-refractivity contribution is -0.197. The van der Waals surface area contributed by atoms with Gasteiger partial charge in [-0.3, -0.25) is 9.48 Å². The summed E-state index contributed by atoms with van der Waals surface area (Å²) in [5.74, 6) is -2.39. The fraction of sp³-hybridized carbons (Fsp3) is 0.750. The zero-order valence-corrected chi connectivity index (χ0v) is 10.7. The molecule has 1 aromatic heterocycles. The molecule has 106 valence electrons. The van der Waals surface area contributed by atoms with Crippen molar-refractivity contribution in [1.82, 2.24) is 14.8 Å². The van der Waals surface area contributed by atoms with E-state index in [0.29, 0.717) is 25.1 Å². The van der Waals surface area contributed by atoms with Crippen LogP contribution in [0.5, 0.6) is 0 Å². The Labute approximate surface area is 109 Å². The van der Waals surface area contributed by atoms with Crippen LogP contribution in [-0.4, -0.2) is 26.7 Å². The lowest BCUT2D eigenvalue weighted by Crippen LogP contribution is -2.38. The highest BCUT2D eigenvalue weighted by Crippen LogP contribution is 2.42. The minimum Gasteiger partial charge on any atom is -0.299 e. The Morgan fingerprint density at radius 2 is 2.11 bits per heavy atom. The Kier molecular flexibility index (Phi) is 3.91. The zero-order chi connectivity index (χ0) is 14.0. The molecule has 7 heteroatoms. The van der Waals surface area contributed by atoms with Crippen LogP contribution in [0.2, 0.25) is 0 Å². The summed E-state index contributed by atoms with van der Waals surface area (Å²) in [4.78, 5) is 16.0. The molecule has 0 N–H and O–H groups in total. The second kappa shape index (κ2) is 5.30. The average Bonchev–Trinajstić information content (AvgIpc) is 2.74. The van der Waals surface area contributed by atoms with E-state index < -0.39 is 18.0 Å². The van der Waals surface area contributed by atoms with Crippen molar-refractivity contribution in [1.29, 1.82) is 0 Å². The first kappa shape index (κ1) is 14.0. The molecule has 1 aliphatic rings. The topological polar surface area (TPSA) is 47.8 Å². The van der Waals surface area contributed by atoms with Crippen LogP contribution in [0, 0.1) is 11.8 Å². The monoisotopic (exact) mass is 275 g/mol. The molecule has 0 aliphatic heterocycles. The number of rotatable bonds is 3. The average molecular weight is 275 g/mol. The number of aryl methyl sites for hydroxylation is 1. The summed E-state index contributed by atoms with van der Waals surface area (Å²) in [6.07, 6.45) is -1.47. The molecule has 1 fully saturated rings. The standard InChI is InChI=1S/C12H16F3N3O/c1-18-11(16-7-17-18)6-10(19)8-4-2-3-5-9(8)12(13,14)15/h7-9H,2-6H2,1H3. The van der Waals surface area contributed by atoms with Crippen molar-refractivity contribution in [3.63, 3.8) is 0 Å². The minimum atomic E-state index is -4.29. The summed E-state index contributed by atoms with van der Waals surface area (Å²) in [6, 6.07) is 0. The molecule has 0 amide bonds. The maximum atomic E-state index is 12.9. The normalized spacial score (nSPS) is 24.4. The van der Waals surface area contributed by atoms with Crippen LogP contribution in [0.25, 0.3) is 0 Å². The largest absolute Gasteiger partial charge is 0.392 e. The van der Waals surface area contributed by atoms with Crippen molar-refractivity contribution >= 4 is 5.78 Å². The van der Waals surface area contributed by atoms with Gasteiger partial charge >= 0.3 is 6.18 Å². The Hall–Kier alpha value is -1.40. The number of nitrogens with zero attached hydrogens (tertiary/aromatic N) is 3. The Morgan fingerprint density at radius 3 is 2.68 bits per heavy atom. The number of aromatic nitrogens is 3. The van der Waals surface area contributed by atoms with Crippen LogP contribution >= 0.6 is 0 Å². The van der Waals surface area contributed by atoms with Crippen molar-refractivity contribution in [3.8, 4) is 0 Å². The second-order valence-corrected chi connectivity index (χ2v) is 4.98. The molecule has 0 spiro atoms. The van der Waals surface area contributed by atoms with E-state index in [1.165, 1.54) is 11.0 Å². The number of alkyl halides is 3. The highest BCUT2D eigenvalue weighted by Gasteiger charge is 2.47. The third-order valence-electron chi connectivity index (χ3n) is 3.74. The SMILES string of the molecule is Cn1ncnc1CC(=O)C1CCCCC1C(F)(F)F. The number of halogens is 3. The second-order valence-electron chi connectivity index (χ2n) is 4.98. The summed E-state index contributed by atoms with van der Waals surface area (Å²) in [5.41, 5.74) is 0. The van der Waals surface area contributed by atoms with Gasteiger partial charge in [0.15, 0.2) is 0 Å². The van der Waals surface area contributed by atoms with Crippen LogP contribution in [0.15, 0.2) is 6.33 Å². The summed E-state index contributed by atoms with van der Waals surface area (Å²) >= 11 is 0. The van der Waals surface area contributed by atoms with E-state index in [1.807, 2.05) is 0 Å². The van der Waals surface area contributed by atoms with Crippen molar-refractivity contribution in [3.05, 3.63) is 12.2 Å². The number of Topliss-reactive ketones (excluding diaryl/α,β-unsaturated/α-hetero) is 1. The third-order valence-corrected chi connectivity index (χ3v) is 3.74. The van der Waals surface area contributed by atoms with Gasteiger partial charge in [0, 0.05) is 13.0 Å². The third kappa shape index (κ3) is 3.13. The van der Waals surface area contributed by atoms with Gasteiger partial charge in [-0.25, -0.2) is 4.98 Å². The number of carbonyl (C=O) groups excluding carboxylic acids is 1. The molecule has 1 aliphatic carbocycles. The highest BCUT2D eigenvalue weighted by molar-refractivity contribution is 5.83. The van der Waals surface area contributed by atoms with E-state index in [-0.39, 0.29) is 18.6 Å². The molecule has 0 radical (unpaired) electrons. The lowest BCUT2D eigenvalue weighted by atomic mass is 9.76. The minimum absolute atomic E-state index is 0.0543. The quantitative estimate of drug-likeness (QED) is 0.850. The maximum Gasteiger partial charge on any atom is 0.392 e. The first-order chi connectivity index (χ1) is 8.89. The van der Waals surface area contributed by atoms with Gasteiger partial charge in [-0.15, -0.1) is 0 Å². The van der Waals surface area contributed by atoms with Gasteiger partial charge in [0.05, 0.1) is 12.3 Å². The van der Waals surface area contributed by atoms with Crippen LogP contribution in [-0.2, 0) is 18.3 Å². The van der Waals surface area contributed by atoms with Gasteiger partial charge in [-0.1, -0.05) is 12.8 Å². The smallest absolute Gasteiger partial charge is 0.299 e. The number of hydrogen-bond donors (Lipinski definition) is 0. The van der Waals surface area contributed by atoms with E-state index in [1.54, 1.807) is 7.05 Å². The van der Waals surface area contributed by atoms with E-state index in [2.05, 4.69) is 10.1 Å². The molecule has 2 atom stereocenters.